The van der Waals surface area contributed by atoms with Gasteiger partial charge in [-0.25, -0.2) is 0 Å². The van der Waals surface area contributed by atoms with Gasteiger partial charge in [0.25, 0.3) is 5.91 Å². The molecule has 0 radical (unpaired) electrons. The highest BCUT2D eigenvalue weighted by Crippen LogP contribution is 2.56. The van der Waals surface area contributed by atoms with E-state index in [4.69, 9.17) is 46.1 Å². The molecule has 0 aliphatic carbocycles. The van der Waals surface area contributed by atoms with Crippen LogP contribution in [0.4, 0.5) is 0 Å². The van der Waals surface area contributed by atoms with E-state index in [1.54, 1.807) is 20.8 Å². The fraction of sp³-hybridized carbons (Fsp3) is 0.705. The number of amides is 1. The lowest BCUT2D eigenvalue weighted by Gasteiger charge is -2.58. The molecular weight excluding hydrogens is 1210 g/mol. The summed E-state index contributed by atoms with van der Waals surface area (Å²) in [5, 5.41) is 2.70. The van der Waals surface area contributed by atoms with Crippen LogP contribution in [0.2, 0.25) is 46.3 Å². The van der Waals surface area contributed by atoms with Crippen LogP contribution in [0.1, 0.15) is 209 Å². The van der Waals surface area contributed by atoms with Crippen molar-refractivity contribution in [1.82, 2.24) is 5.32 Å². The second-order valence-corrected chi connectivity index (χ2v) is 45.2. The highest BCUT2D eigenvalue weighted by atomic mass is 28.4. The van der Waals surface area contributed by atoms with Gasteiger partial charge >= 0.3 is 8.56 Å². The van der Waals surface area contributed by atoms with Crippen LogP contribution < -0.4 is 5.32 Å². The van der Waals surface area contributed by atoms with Crippen molar-refractivity contribution < 1.29 is 50.9 Å². The summed E-state index contributed by atoms with van der Waals surface area (Å²) in [5.41, 5.74) is 0. The zero-order chi connectivity index (χ0) is 69.5. The van der Waals surface area contributed by atoms with Crippen molar-refractivity contribution in [3.8, 4) is 130 Å². The van der Waals surface area contributed by atoms with E-state index < -0.39 is 85.5 Å². The number of nitrogens with one attached hydrogen (secondary N) is 1. The quantitative estimate of drug-likeness (QED) is 0.0598. The predicted molar refractivity (Wildman–Crippen MR) is 380 cm³/mol. The summed E-state index contributed by atoms with van der Waals surface area (Å²) in [6.45, 7) is 52.2. The average molecular weight is 1320 g/mol. The highest BCUT2D eigenvalue weighted by molar-refractivity contribution is 6.75. The Balaban J connectivity index is 1.75. The van der Waals surface area contributed by atoms with Crippen molar-refractivity contribution in [2.45, 2.75) is 328 Å². The van der Waals surface area contributed by atoms with Gasteiger partial charge in [0.15, 0.2) is 46.7 Å². The lowest BCUT2D eigenvalue weighted by atomic mass is 9.85. The lowest BCUT2D eigenvalue weighted by Crippen LogP contribution is -2.68. The fourth-order valence-electron chi connectivity index (χ4n) is 11.5. The number of carbonyl (C=O) groups excluding carboxylic acids is 1. The summed E-state index contributed by atoms with van der Waals surface area (Å²) in [7, 11) is -7.89. The third kappa shape index (κ3) is 24.5. The molecule has 0 saturated carbocycles. The number of rotatable bonds is 23. The Hall–Kier alpha value is -5.12. The first-order chi connectivity index (χ1) is 43.3. The molecule has 15 heteroatoms. The smallest absolute Gasteiger partial charge is 0.349 e. The molecule has 12 nitrogen and oxygen atoms in total. The van der Waals surface area contributed by atoms with Crippen LogP contribution in [0.15, 0.2) is 0 Å². The van der Waals surface area contributed by atoms with Crippen LogP contribution in [-0.4, -0.2) is 117 Å². The first-order valence-corrected chi connectivity index (χ1v) is 41.4. The van der Waals surface area contributed by atoms with E-state index in [0.717, 1.165) is 25.7 Å². The monoisotopic (exact) mass is 1320 g/mol. The number of fused-ring (bicyclic) bond motifs is 1. The molecule has 4 aliphatic rings. The highest BCUT2D eigenvalue weighted by Gasteiger charge is 2.64. The van der Waals surface area contributed by atoms with Gasteiger partial charge in [0.05, 0.1) is 37.6 Å². The lowest BCUT2D eigenvalue weighted by molar-refractivity contribution is -0.281. The van der Waals surface area contributed by atoms with Crippen LogP contribution in [0.3, 0.4) is 0 Å². The maximum atomic E-state index is 15.3. The molecule has 12 atom stereocenters. The van der Waals surface area contributed by atoms with Gasteiger partial charge in [-0.3, -0.25) is 4.79 Å². The van der Waals surface area contributed by atoms with E-state index >= 15 is 4.79 Å². The minimum absolute atomic E-state index is 0.0253. The fourth-order valence-corrected chi connectivity index (χ4v) is 19.2. The Morgan fingerprint density at radius 1 is 0.570 bits per heavy atom. The van der Waals surface area contributed by atoms with Gasteiger partial charge in [-0.15, -0.1) is 0 Å². The zero-order valence-corrected chi connectivity index (χ0v) is 64.1. The maximum absolute atomic E-state index is 15.3. The largest absolute Gasteiger partial charge is 0.411 e. The molecule has 4 rings (SSSR count). The molecule has 4 fully saturated rings. The number of hydrogen-bond donors (Lipinski definition) is 1. The summed E-state index contributed by atoms with van der Waals surface area (Å²) >= 11 is 0. The van der Waals surface area contributed by atoms with E-state index in [2.05, 4.69) is 266 Å². The molecule has 1 N–H and O–H groups in total. The maximum Gasteiger partial charge on any atom is 0.349 e. The van der Waals surface area contributed by atoms with Gasteiger partial charge < -0.3 is 51.4 Å². The Labute approximate surface area is 567 Å². The van der Waals surface area contributed by atoms with Crippen LogP contribution in [0.5, 0.6) is 0 Å². The molecule has 1 amide bonds. The standard InChI is InChI=1S/C78H111NO11Si3/c1-25-27-29-31-33-35-37-38-39-40-41-42-43-44-45-46-47-49-50-52-54-56-63-69(86-77(17,18)84-63)71(80)79-62(58-81-72-61(4)60(3)66-65(83-72)59-82-93(90-66,75(11,12)13)76(14,15)16)67-70(87-78(19,20)85-67)68(89-92(23,24)74(8,9)10)64(88-91(21,22)73(5,6)7)57-55-53-51-48-36-34-32-30-28-26-2/h60-70,72H,26,28,30,32,34,36,48,51,53,55,57-59H2,1-24H3,(H,79,80)/t60?,61?,62-,63+,64-,65?,66?,67-,68-,69+,70-,72?/m0/s1. The second-order valence-electron chi connectivity index (χ2n) is 30.9. The number of unbranched alkanes of at least 4 members (excludes halogenated alkanes) is 9. The second kappa shape index (κ2) is 35.8. The SMILES string of the molecule is CC#CC#CC#CC#CC#CC#CC#CC#CC#CC#CC#C[C@H]1OC(C)(C)O[C@H]1C(=O)N[C@@H](COC1OC2CO[Si](C(C)(C)C)(C(C)(C)C)OC2C(C)C1C)[C@@H]1OC(C)(C)O[C@@H]1[C@@H](O[Si](C)(C)C(C)(C)C)[C@H](CCCCCCCCCCCC)O[Si](C)(C)C(C)(C)C. The Kier molecular flexibility index (Phi) is 30.9. The van der Waals surface area contributed by atoms with Gasteiger partial charge in [-0.05, 0) is 178 Å². The first-order valence-electron chi connectivity index (χ1n) is 33.7. The molecule has 0 bridgehead atoms. The van der Waals surface area contributed by atoms with Crippen LogP contribution >= 0.6 is 0 Å². The molecule has 4 saturated heterocycles. The van der Waals surface area contributed by atoms with Crippen molar-refractivity contribution in [3.05, 3.63) is 0 Å². The summed E-state index contributed by atoms with van der Waals surface area (Å²) in [4.78, 5) is 15.3. The zero-order valence-electron chi connectivity index (χ0n) is 61.1. The minimum atomic E-state index is -2.82. The molecule has 0 aromatic carbocycles. The first kappa shape index (κ1) is 80.3. The molecule has 506 valence electrons. The molecule has 0 spiro atoms. The third-order valence-electron chi connectivity index (χ3n) is 18.4. The Morgan fingerprint density at radius 3 is 1.46 bits per heavy atom. The van der Waals surface area contributed by atoms with Gasteiger partial charge in [-0.1, -0.05) is 180 Å². The number of carbonyl (C=O) groups is 1. The molecule has 4 heterocycles. The topological polar surface area (TPSA) is 121 Å². The van der Waals surface area contributed by atoms with E-state index in [9.17, 15) is 0 Å². The van der Waals surface area contributed by atoms with Crippen LogP contribution in [-0.2, 0) is 50.9 Å². The normalized spacial score (nSPS) is 24.4. The summed E-state index contributed by atoms with van der Waals surface area (Å²) in [5.74, 6) is 55.0. The molecule has 93 heavy (non-hydrogen) atoms. The predicted octanol–water partition coefficient (Wildman–Crippen LogP) is 14.1. The van der Waals surface area contributed by atoms with E-state index in [1.807, 2.05) is 13.8 Å². The summed E-state index contributed by atoms with van der Waals surface area (Å²) in [6.07, 6.45) is 6.95. The van der Waals surface area contributed by atoms with E-state index in [0.29, 0.717) is 6.61 Å². The average Bonchev–Trinajstić information content (AvgIpc) is 1.43. The van der Waals surface area contributed by atoms with Crippen LogP contribution in [0, 0.1) is 142 Å². The number of ether oxygens (including phenoxy) is 6. The minimum Gasteiger partial charge on any atom is -0.411 e. The van der Waals surface area contributed by atoms with Gasteiger partial charge in [0.2, 0.25) is 0 Å². The molecule has 4 aliphatic heterocycles. The third-order valence-corrected chi connectivity index (χ3v) is 32.5. The molecule has 0 aromatic heterocycles. The van der Waals surface area contributed by atoms with E-state index in [1.165, 1.54) is 44.9 Å². The van der Waals surface area contributed by atoms with Gasteiger partial charge in [0, 0.05) is 39.7 Å². The molecule has 0 aromatic rings. The van der Waals surface area contributed by atoms with Gasteiger partial charge in [0.1, 0.15) is 18.3 Å². The van der Waals surface area contributed by atoms with Crippen molar-refractivity contribution in [3.63, 3.8) is 0 Å². The molecular formula is C78H111NO11Si3. The van der Waals surface area contributed by atoms with Crippen LogP contribution in [0.25, 0.3) is 0 Å². The summed E-state index contributed by atoms with van der Waals surface area (Å²) in [6, 6.07) is -0.851. The van der Waals surface area contributed by atoms with Crippen molar-refractivity contribution in [2.75, 3.05) is 13.2 Å². The Morgan fingerprint density at radius 2 is 1.00 bits per heavy atom. The summed E-state index contributed by atoms with van der Waals surface area (Å²) < 4.78 is 70.8. The van der Waals surface area contributed by atoms with Gasteiger partial charge in [-0.2, -0.15) is 0 Å². The van der Waals surface area contributed by atoms with E-state index in [-0.39, 0.29) is 56.9 Å². The molecule has 5 unspecified atom stereocenters. The number of hydrogen-bond acceptors (Lipinski definition) is 11. The van der Waals surface area contributed by atoms with Crippen molar-refractivity contribution in [2.24, 2.45) is 11.8 Å². The van der Waals surface area contributed by atoms with Crippen molar-refractivity contribution in [1.29, 1.82) is 0 Å². The Bertz CT molecular complexity index is 3250. The van der Waals surface area contributed by atoms with Crippen molar-refractivity contribution >= 4 is 31.1 Å².